The lowest BCUT2D eigenvalue weighted by atomic mass is 10.1. The van der Waals surface area contributed by atoms with Crippen LogP contribution < -0.4 is 5.32 Å². The van der Waals surface area contributed by atoms with Crippen LogP contribution in [-0.2, 0) is 6.54 Å². The molecule has 2 rings (SSSR count). The van der Waals surface area contributed by atoms with Gasteiger partial charge in [-0.3, -0.25) is 0 Å². The van der Waals surface area contributed by atoms with Crippen molar-refractivity contribution in [2.75, 3.05) is 20.6 Å². The Hall–Kier alpha value is -0.680. The van der Waals surface area contributed by atoms with Crippen molar-refractivity contribution in [2.24, 2.45) is 0 Å². The maximum Gasteiger partial charge on any atom is 0.0466 e. The first kappa shape index (κ1) is 15.7. The molecule has 0 spiro atoms. The molecule has 0 aliphatic rings. The molecule has 0 radical (unpaired) electrons. The minimum Gasteiger partial charge on any atom is -0.310 e. The van der Waals surface area contributed by atoms with Crippen molar-refractivity contribution < 1.29 is 0 Å². The Balaban J connectivity index is 1.93. The minimum absolute atomic E-state index is 0.403. The number of rotatable bonds is 6. The fraction of sp³-hybridized carbons (Fsp3) is 0.375. The Morgan fingerprint density at radius 2 is 1.95 bits per heavy atom. The average Bonchev–Trinajstić information content (AvgIpc) is 2.74. The second-order valence-corrected chi connectivity index (χ2v) is 7.33. The zero-order valence-corrected chi connectivity index (χ0v) is 14.6. The Kier molecular flexibility index (Phi) is 5.78. The summed E-state index contributed by atoms with van der Waals surface area (Å²) in [5.41, 5.74) is 1.36. The van der Waals surface area contributed by atoms with E-state index in [-0.39, 0.29) is 0 Å². The predicted molar refractivity (Wildman–Crippen MR) is 91.3 cm³/mol. The summed E-state index contributed by atoms with van der Waals surface area (Å²) in [6.45, 7) is 4.02. The molecule has 4 heteroatoms. The summed E-state index contributed by atoms with van der Waals surface area (Å²) < 4.78 is 1.21. The Morgan fingerprint density at radius 3 is 2.50 bits per heavy atom. The minimum atomic E-state index is 0.403. The van der Waals surface area contributed by atoms with Crippen LogP contribution in [0.2, 0.25) is 0 Å². The summed E-state index contributed by atoms with van der Waals surface area (Å²) in [4.78, 5) is 4.98. The van der Waals surface area contributed by atoms with Gasteiger partial charge in [-0.15, -0.1) is 11.3 Å². The zero-order valence-electron chi connectivity index (χ0n) is 12.2. The van der Waals surface area contributed by atoms with Gasteiger partial charge in [-0.05, 0) is 48.6 Å². The summed E-state index contributed by atoms with van der Waals surface area (Å²) in [6.07, 6.45) is 0. The van der Waals surface area contributed by atoms with E-state index in [0.29, 0.717) is 6.04 Å². The lowest BCUT2D eigenvalue weighted by Crippen LogP contribution is -2.30. The zero-order chi connectivity index (χ0) is 14.5. The number of hydrogen-bond acceptors (Lipinski definition) is 3. The first-order valence-electron chi connectivity index (χ1n) is 6.75. The van der Waals surface area contributed by atoms with E-state index in [1.807, 2.05) is 11.3 Å². The fourth-order valence-electron chi connectivity index (χ4n) is 2.21. The van der Waals surface area contributed by atoms with Crippen LogP contribution in [-0.4, -0.2) is 25.5 Å². The van der Waals surface area contributed by atoms with Crippen molar-refractivity contribution in [1.29, 1.82) is 0 Å². The normalized spacial score (nSPS) is 12.8. The number of hydrogen-bond donors (Lipinski definition) is 1. The molecule has 0 aliphatic carbocycles. The van der Waals surface area contributed by atoms with Gasteiger partial charge in [0, 0.05) is 33.4 Å². The first-order chi connectivity index (χ1) is 9.58. The van der Waals surface area contributed by atoms with Crippen molar-refractivity contribution in [3.63, 3.8) is 0 Å². The second-order valence-electron chi connectivity index (χ2n) is 5.14. The molecule has 1 aromatic carbocycles. The van der Waals surface area contributed by atoms with Gasteiger partial charge >= 0.3 is 0 Å². The monoisotopic (exact) mass is 352 g/mol. The first-order valence-corrected chi connectivity index (χ1v) is 8.35. The van der Waals surface area contributed by atoms with Crippen LogP contribution in [0.1, 0.15) is 21.4 Å². The molecule has 0 saturated heterocycles. The molecule has 1 aromatic heterocycles. The summed E-state index contributed by atoms with van der Waals surface area (Å²) in [6, 6.07) is 13.3. The van der Waals surface area contributed by atoms with Crippen LogP contribution in [0, 0.1) is 6.92 Å². The van der Waals surface area contributed by atoms with Crippen LogP contribution >= 0.6 is 27.3 Å². The molecule has 1 atom stereocenters. The molecule has 2 nitrogen and oxygen atoms in total. The standard InChI is InChI=1S/C16H21BrN2S/c1-12-15(17)9-14(20-12)10-18-11-16(19(2)3)13-7-5-4-6-8-13/h4-9,16,18H,10-11H2,1-3H3. The maximum absolute atomic E-state index is 3.57. The Bertz CT molecular complexity index is 517. The van der Waals surface area contributed by atoms with E-state index in [0.717, 1.165) is 13.1 Å². The quantitative estimate of drug-likeness (QED) is 0.837. The summed E-state index contributed by atoms with van der Waals surface area (Å²) in [5, 5.41) is 3.57. The molecule has 0 aliphatic heterocycles. The molecule has 1 unspecified atom stereocenters. The van der Waals surface area contributed by atoms with Gasteiger partial charge in [-0.2, -0.15) is 0 Å². The van der Waals surface area contributed by atoms with Gasteiger partial charge < -0.3 is 10.2 Å². The summed E-state index contributed by atoms with van der Waals surface area (Å²) in [5.74, 6) is 0. The van der Waals surface area contributed by atoms with Crippen molar-refractivity contribution >= 4 is 27.3 Å². The summed E-state index contributed by atoms with van der Waals surface area (Å²) in [7, 11) is 4.26. The third kappa shape index (κ3) is 4.16. The molecule has 0 amide bonds. The van der Waals surface area contributed by atoms with E-state index in [9.17, 15) is 0 Å². The number of likely N-dealkylation sites (N-methyl/N-ethyl adjacent to an activating group) is 1. The van der Waals surface area contributed by atoms with Crippen molar-refractivity contribution in [1.82, 2.24) is 10.2 Å². The van der Waals surface area contributed by atoms with Crippen molar-refractivity contribution in [3.8, 4) is 0 Å². The van der Waals surface area contributed by atoms with Gasteiger partial charge in [-0.25, -0.2) is 0 Å². The SMILES string of the molecule is Cc1sc(CNCC(c2ccccc2)N(C)C)cc1Br. The smallest absolute Gasteiger partial charge is 0.0466 e. The highest BCUT2D eigenvalue weighted by molar-refractivity contribution is 9.10. The maximum atomic E-state index is 3.57. The molecule has 20 heavy (non-hydrogen) atoms. The van der Waals surface area contributed by atoms with Crippen LogP contribution in [0.4, 0.5) is 0 Å². The van der Waals surface area contributed by atoms with Crippen LogP contribution in [0.3, 0.4) is 0 Å². The lowest BCUT2D eigenvalue weighted by Gasteiger charge is -2.25. The fourth-order valence-corrected chi connectivity index (χ4v) is 3.78. The highest BCUT2D eigenvalue weighted by atomic mass is 79.9. The van der Waals surface area contributed by atoms with Gasteiger partial charge in [-0.1, -0.05) is 30.3 Å². The van der Waals surface area contributed by atoms with Crippen molar-refractivity contribution in [2.45, 2.75) is 19.5 Å². The van der Waals surface area contributed by atoms with E-state index >= 15 is 0 Å². The van der Waals surface area contributed by atoms with E-state index < -0.39 is 0 Å². The summed E-state index contributed by atoms with van der Waals surface area (Å²) >= 11 is 5.42. The van der Waals surface area contributed by atoms with E-state index in [4.69, 9.17) is 0 Å². The topological polar surface area (TPSA) is 15.3 Å². The molecule has 1 heterocycles. The number of halogens is 1. The molecule has 0 saturated carbocycles. The van der Waals surface area contributed by atoms with E-state index in [2.05, 4.69) is 83.6 Å². The number of benzene rings is 1. The third-order valence-corrected chi connectivity index (χ3v) is 5.49. The van der Waals surface area contributed by atoms with E-state index in [1.54, 1.807) is 0 Å². The van der Waals surface area contributed by atoms with Crippen LogP contribution in [0.25, 0.3) is 0 Å². The molecule has 108 valence electrons. The van der Waals surface area contributed by atoms with Crippen LogP contribution in [0.5, 0.6) is 0 Å². The highest BCUT2D eigenvalue weighted by Gasteiger charge is 2.13. The predicted octanol–water partition coefficient (Wildman–Crippen LogP) is 4.21. The Labute approximate surface area is 133 Å². The molecular weight excluding hydrogens is 332 g/mol. The number of nitrogens with one attached hydrogen (secondary N) is 1. The molecule has 2 aromatic rings. The number of nitrogens with zero attached hydrogens (tertiary/aromatic N) is 1. The van der Waals surface area contributed by atoms with Crippen LogP contribution in [0.15, 0.2) is 40.9 Å². The lowest BCUT2D eigenvalue weighted by molar-refractivity contribution is 0.288. The average molecular weight is 353 g/mol. The highest BCUT2D eigenvalue weighted by Crippen LogP contribution is 2.26. The largest absolute Gasteiger partial charge is 0.310 e. The van der Waals surface area contributed by atoms with Gasteiger partial charge in [0.2, 0.25) is 0 Å². The van der Waals surface area contributed by atoms with E-state index in [1.165, 1.54) is 19.8 Å². The van der Waals surface area contributed by atoms with Gasteiger partial charge in [0.1, 0.15) is 0 Å². The van der Waals surface area contributed by atoms with Crippen molar-refractivity contribution in [3.05, 3.63) is 56.2 Å². The van der Waals surface area contributed by atoms with Gasteiger partial charge in [0.25, 0.3) is 0 Å². The van der Waals surface area contributed by atoms with Gasteiger partial charge in [0.05, 0.1) is 0 Å². The number of thiophene rings is 1. The molecular formula is C16H21BrN2S. The molecule has 0 fully saturated rings. The molecule has 1 N–H and O–H groups in total. The number of aryl methyl sites for hydroxylation is 1. The second kappa shape index (κ2) is 7.36. The third-order valence-electron chi connectivity index (χ3n) is 3.35. The Morgan fingerprint density at radius 1 is 1.25 bits per heavy atom. The molecule has 0 bridgehead atoms. The van der Waals surface area contributed by atoms with Gasteiger partial charge in [0.15, 0.2) is 0 Å².